The Balaban J connectivity index is 0.913. The summed E-state index contributed by atoms with van der Waals surface area (Å²) in [4.78, 5) is 55.1. The molecule has 0 aromatic carbocycles. The number of carbonyl (C=O) groups is 4. The van der Waals surface area contributed by atoms with E-state index in [1.54, 1.807) is 0 Å². The van der Waals surface area contributed by atoms with Crippen LogP contribution in [0.3, 0.4) is 0 Å². The number of aliphatic hydroxyl groups excluding tert-OH is 2. The summed E-state index contributed by atoms with van der Waals surface area (Å²) in [6, 6.07) is 0. The maximum absolute atomic E-state index is 14.8. The van der Waals surface area contributed by atoms with Gasteiger partial charge in [-0.15, -0.1) is 0 Å². The monoisotopic (exact) mass is 863 g/mol. The Morgan fingerprint density at radius 2 is 1.08 bits per heavy atom. The lowest BCUT2D eigenvalue weighted by atomic mass is 9.40. The van der Waals surface area contributed by atoms with Crippen LogP contribution in [0.15, 0.2) is 0 Å². The predicted octanol–water partition coefficient (Wildman–Crippen LogP) is 10.6. The number of ether oxygens (including phenoxy) is 2. The van der Waals surface area contributed by atoms with Crippen molar-refractivity contribution in [3.63, 3.8) is 0 Å². The molecule has 8 heteroatoms. The lowest BCUT2D eigenvalue weighted by Gasteiger charge is -2.63. The van der Waals surface area contributed by atoms with Crippen molar-refractivity contribution < 1.29 is 38.9 Å². The molecule has 0 aromatic heterocycles. The first-order valence-electron chi connectivity index (χ1n) is 26.1. The molecular formula is C54H86O8. The molecular weight excluding hydrogens is 777 g/mol. The van der Waals surface area contributed by atoms with Gasteiger partial charge in [0.25, 0.3) is 0 Å². The number of aliphatic hydroxyl groups is 2. The Morgan fingerprint density at radius 1 is 0.613 bits per heavy atom. The molecule has 350 valence electrons. The zero-order valence-electron chi connectivity index (χ0n) is 40.1. The number of methoxy groups -OCH3 is 1. The minimum atomic E-state index is -0.381. The van der Waals surface area contributed by atoms with Crippen molar-refractivity contribution in [2.45, 2.75) is 196 Å². The summed E-state index contributed by atoms with van der Waals surface area (Å²) >= 11 is 0. The summed E-state index contributed by atoms with van der Waals surface area (Å²) in [5.41, 5.74) is 0.197. The lowest BCUT2D eigenvalue weighted by Crippen LogP contribution is -2.62. The molecule has 0 amide bonds. The van der Waals surface area contributed by atoms with Crippen molar-refractivity contribution in [3.05, 3.63) is 0 Å². The largest absolute Gasteiger partial charge is 0.469 e. The second-order valence-corrected chi connectivity index (χ2v) is 24.2. The van der Waals surface area contributed by atoms with Gasteiger partial charge in [0.05, 0.1) is 25.9 Å². The molecule has 6 unspecified atom stereocenters. The van der Waals surface area contributed by atoms with Crippen molar-refractivity contribution in [1.82, 2.24) is 0 Å². The molecule has 0 aromatic rings. The summed E-state index contributed by atoms with van der Waals surface area (Å²) in [6.45, 7) is 16.8. The van der Waals surface area contributed by atoms with Gasteiger partial charge in [0.15, 0.2) is 0 Å². The molecule has 8 nitrogen and oxygen atoms in total. The summed E-state index contributed by atoms with van der Waals surface area (Å²) in [7, 11) is 1.46. The first-order valence-corrected chi connectivity index (χ1v) is 26.1. The second kappa shape index (κ2) is 17.8. The highest BCUT2D eigenvalue weighted by molar-refractivity contribution is 5.86. The highest BCUT2D eigenvalue weighted by atomic mass is 16.5. The molecule has 8 aliphatic rings. The van der Waals surface area contributed by atoms with Gasteiger partial charge in [-0.1, -0.05) is 48.5 Å². The number of hydrogen-bond donors (Lipinski definition) is 2. The van der Waals surface area contributed by atoms with Crippen LogP contribution in [0.25, 0.3) is 0 Å². The van der Waals surface area contributed by atoms with Gasteiger partial charge in [-0.25, -0.2) is 0 Å². The fourth-order valence-electron chi connectivity index (χ4n) is 19.1. The van der Waals surface area contributed by atoms with E-state index in [4.69, 9.17) is 9.47 Å². The summed E-state index contributed by atoms with van der Waals surface area (Å²) < 4.78 is 11.2. The predicted molar refractivity (Wildman–Crippen MR) is 240 cm³/mol. The minimum Gasteiger partial charge on any atom is -0.469 e. The highest BCUT2D eigenvalue weighted by Crippen LogP contribution is 2.71. The third kappa shape index (κ3) is 7.51. The molecule has 0 spiro atoms. The van der Waals surface area contributed by atoms with E-state index in [-0.39, 0.29) is 81.3 Å². The summed E-state index contributed by atoms with van der Waals surface area (Å²) in [5.74, 6) is 4.44. The van der Waals surface area contributed by atoms with Gasteiger partial charge in [-0.05, 0) is 203 Å². The molecule has 0 bridgehead atoms. The Hall–Kier alpha value is -1.80. The van der Waals surface area contributed by atoms with E-state index in [0.29, 0.717) is 84.8 Å². The third-order valence-corrected chi connectivity index (χ3v) is 22.1. The summed E-state index contributed by atoms with van der Waals surface area (Å²) in [6.07, 6.45) is 18.1. The van der Waals surface area contributed by atoms with Gasteiger partial charge in [-0.2, -0.15) is 0 Å². The first-order chi connectivity index (χ1) is 29.5. The van der Waals surface area contributed by atoms with Crippen molar-refractivity contribution in [2.24, 2.45) is 105 Å². The molecule has 0 heterocycles. The standard InChI is InChI=1S/C54H86O8/c1-9-35-43-29-33(55)19-23-53(43,7)41-21-24-51(5)38(13-15-39(51)47(41)49(35)59)32(4)12-18-46(58)62-28-27-54-26-20-34(56)30-44(54)36(10-2)50(60)48-40-16-14-37(31(3)11-17-45(57)61-8)52(40,6)25-22-42(48)54/h31-44,47-48,55-56H,9-30H2,1-8H3/t31-,32-,33+,34-,35-,36-,37-,38-,39?,40?,41?,42?,43+,44+,47?,48?,51-,52-,53-,54+/m1/s1. The Labute approximate surface area is 374 Å². The van der Waals surface area contributed by atoms with Crippen LogP contribution in [0.4, 0.5) is 0 Å². The third-order valence-electron chi connectivity index (χ3n) is 22.1. The highest BCUT2D eigenvalue weighted by Gasteiger charge is 2.67. The molecule has 0 radical (unpaired) electrons. The first kappa shape index (κ1) is 46.7. The number of esters is 2. The number of ketones is 2. The van der Waals surface area contributed by atoms with Crippen molar-refractivity contribution in [1.29, 1.82) is 0 Å². The normalized spacial score (nSPS) is 48.1. The fourth-order valence-corrected chi connectivity index (χ4v) is 19.1. The molecule has 2 N–H and O–H groups in total. The van der Waals surface area contributed by atoms with Crippen LogP contribution in [0, 0.1) is 105 Å². The minimum absolute atomic E-state index is 0.0165. The number of carbonyl (C=O) groups excluding carboxylic acids is 4. The molecule has 8 aliphatic carbocycles. The van der Waals surface area contributed by atoms with Crippen LogP contribution < -0.4 is 0 Å². The maximum Gasteiger partial charge on any atom is 0.305 e. The van der Waals surface area contributed by atoms with Crippen LogP contribution in [0.1, 0.15) is 183 Å². The topological polar surface area (TPSA) is 127 Å². The Bertz CT molecular complexity index is 1680. The van der Waals surface area contributed by atoms with Gasteiger partial charge >= 0.3 is 11.9 Å². The average molecular weight is 863 g/mol. The van der Waals surface area contributed by atoms with Crippen LogP contribution >= 0.6 is 0 Å². The number of fused-ring (bicyclic) bond motifs is 10. The molecule has 8 rings (SSSR count). The molecule has 8 saturated carbocycles. The van der Waals surface area contributed by atoms with E-state index in [9.17, 15) is 29.4 Å². The van der Waals surface area contributed by atoms with Crippen molar-refractivity contribution in [2.75, 3.05) is 13.7 Å². The van der Waals surface area contributed by atoms with E-state index < -0.39 is 0 Å². The lowest BCUT2D eigenvalue weighted by molar-refractivity contribution is -0.182. The van der Waals surface area contributed by atoms with Gasteiger partial charge in [0, 0.05) is 36.5 Å². The van der Waals surface area contributed by atoms with Gasteiger partial charge in [-0.3, -0.25) is 19.2 Å². The van der Waals surface area contributed by atoms with Crippen LogP contribution in [0.2, 0.25) is 0 Å². The van der Waals surface area contributed by atoms with Crippen molar-refractivity contribution in [3.8, 4) is 0 Å². The molecule has 0 aliphatic heterocycles. The van der Waals surface area contributed by atoms with Crippen molar-refractivity contribution >= 4 is 23.5 Å². The van der Waals surface area contributed by atoms with Gasteiger partial charge < -0.3 is 19.7 Å². The van der Waals surface area contributed by atoms with E-state index in [1.807, 2.05) is 0 Å². The van der Waals surface area contributed by atoms with Crippen LogP contribution in [-0.2, 0) is 28.7 Å². The molecule has 62 heavy (non-hydrogen) atoms. The molecule has 20 atom stereocenters. The second-order valence-electron chi connectivity index (χ2n) is 24.2. The van der Waals surface area contributed by atoms with E-state index >= 15 is 0 Å². The van der Waals surface area contributed by atoms with Gasteiger partial charge in [0.2, 0.25) is 0 Å². The SMILES string of the molecule is CC[C@H]1C(=O)C2C(CC[C@@]3(C)C2CC[C@@H]3[C@H](C)CCC(=O)OC)[C@@]2(CCOC(=O)CC[C@@H](C)[C@H]3CCC4C5C(=O)[C@H](CC)[C@@H]6C[C@@H](O)CC[C@]6(C)C5CC[C@@]43C)CC[C@@H](O)C[C@@H]12. The van der Waals surface area contributed by atoms with E-state index in [2.05, 4.69) is 48.5 Å². The quantitative estimate of drug-likeness (QED) is 0.175. The summed E-state index contributed by atoms with van der Waals surface area (Å²) in [5, 5.41) is 21.8. The number of Topliss-reactive ketones (excluding diaryl/α,β-unsaturated/α-hetero) is 2. The van der Waals surface area contributed by atoms with Gasteiger partial charge in [0.1, 0.15) is 11.6 Å². The number of rotatable bonds is 13. The molecule has 8 fully saturated rings. The molecule has 0 saturated heterocycles. The Morgan fingerprint density at radius 3 is 1.65 bits per heavy atom. The van der Waals surface area contributed by atoms with E-state index in [1.165, 1.54) is 7.11 Å². The average Bonchev–Trinajstić information content (AvgIpc) is 3.79. The van der Waals surface area contributed by atoms with Crippen LogP contribution in [0.5, 0.6) is 0 Å². The number of hydrogen-bond acceptors (Lipinski definition) is 8. The zero-order chi connectivity index (χ0) is 44.5. The smallest absolute Gasteiger partial charge is 0.305 e. The fraction of sp³-hybridized carbons (Fsp3) is 0.926. The Kier molecular flexibility index (Phi) is 13.4. The zero-order valence-corrected chi connectivity index (χ0v) is 40.1. The van der Waals surface area contributed by atoms with E-state index in [0.717, 1.165) is 116 Å². The van der Waals surface area contributed by atoms with Crippen LogP contribution in [-0.4, -0.2) is 59.6 Å². The maximum atomic E-state index is 14.8.